The summed E-state index contributed by atoms with van der Waals surface area (Å²) in [5.41, 5.74) is 0.924. The Hall–Kier alpha value is -1.38. The van der Waals surface area contributed by atoms with Crippen LogP contribution in [0.2, 0.25) is 0 Å². The number of amides is 1. The van der Waals surface area contributed by atoms with E-state index >= 15 is 0 Å². The minimum absolute atomic E-state index is 0.0825. The number of aromatic nitrogens is 2. The van der Waals surface area contributed by atoms with Gasteiger partial charge in [-0.15, -0.1) is 23.1 Å². The highest BCUT2D eigenvalue weighted by Gasteiger charge is 2.28. The number of aryl methyl sites for hydroxylation is 2. The van der Waals surface area contributed by atoms with Crippen molar-refractivity contribution in [2.45, 2.75) is 38.2 Å². The zero-order valence-electron chi connectivity index (χ0n) is 15.7. The molecule has 3 heterocycles. The van der Waals surface area contributed by atoms with Gasteiger partial charge in [-0.1, -0.05) is 0 Å². The molecule has 1 aliphatic heterocycles. The summed E-state index contributed by atoms with van der Waals surface area (Å²) in [7, 11) is 1.95. The van der Waals surface area contributed by atoms with Gasteiger partial charge >= 0.3 is 0 Å². The highest BCUT2D eigenvalue weighted by molar-refractivity contribution is 7.99. The first kappa shape index (κ1) is 19.4. The van der Waals surface area contributed by atoms with Gasteiger partial charge in [0.15, 0.2) is 0 Å². The van der Waals surface area contributed by atoms with Crippen LogP contribution < -0.4 is 10.9 Å². The number of hydrogen-bond donors (Lipinski definition) is 2. The molecule has 0 aromatic carbocycles. The van der Waals surface area contributed by atoms with Gasteiger partial charge in [0.2, 0.25) is 5.91 Å². The Balaban J connectivity index is 1.62. The quantitative estimate of drug-likeness (QED) is 0.786. The van der Waals surface area contributed by atoms with E-state index in [2.05, 4.69) is 15.3 Å². The Labute approximate surface area is 161 Å². The Kier molecular flexibility index (Phi) is 6.04. The van der Waals surface area contributed by atoms with E-state index in [0.29, 0.717) is 22.9 Å². The third-order valence-electron chi connectivity index (χ3n) is 5.00. The van der Waals surface area contributed by atoms with Crippen LogP contribution in [0.5, 0.6) is 0 Å². The standard InChI is InChI=1S/C18H26N4O2S2/c1-10-11(2)26-17-15(10)16(23)20-14(21-17)9-25-12(3)18(24)22-6-5-13(8-22)7-19-4/h12-13,19H,5-9H2,1-4H3,(H,20,21,23). The number of aromatic amines is 1. The summed E-state index contributed by atoms with van der Waals surface area (Å²) in [6.07, 6.45) is 1.06. The van der Waals surface area contributed by atoms with Crippen molar-refractivity contribution in [1.82, 2.24) is 20.2 Å². The van der Waals surface area contributed by atoms with Crippen molar-refractivity contribution in [3.8, 4) is 0 Å². The van der Waals surface area contributed by atoms with E-state index in [9.17, 15) is 9.59 Å². The molecule has 2 atom stereocenters. The van der Waals surface area contributed by atoms with Crippen LogP contribution in [0.3, 0.4) is 0 Å². The molecule has 8 heteroatoms. The van der Waals surface area contributed by atoms with Gasteiger partial charge in [-0.3, -0.25) is 9.59 Å². The molecule has 0 saturated carbocycles. The average molecular weight is 395 g/mol. The molecule has 6 nitrogen and oxygen atoms in total. The molecule has 2 unspecified atom stereocenters. The van der Waals surface area contributed by atoms with Crippen molar-refractivity contribution >= 4 is 39.2 Å². The van der Waals surface area contributed by atoms with Crippen molar-refractivity contribution in [2.75, 3.05) is 26.7 Å². The van der Waals surface area contributed by atoms with Gasteiger partial charge < -0.3 is 15.2 Å². The Morgan fingerprint density at radius 3 is 3.00 bits per heavy atom. The summed E-state index contributed by atoms with van der Waals surface area (Å²) in [6.45, 7) is 8.53. The molecule has 1 aliphatic rings. The summed E-state index contributed by atoms with van der Waals surface area (Å²) in [4.78, 5) is 36.3. The second kappa shape index (κ2) is 8.10. The minimum Gasteiger partial charge on any atom is -0.341 e. The topological polar surface area (TPSA) is 78.1 Å². The fraction of sp³-hybridized carbons (Fsp3) is 0.611. The SMILES string of the molecule is CNCC1CCN(C(=O)C(C)SCc2nc3sc(C)c(C)c3c(=O)[nH]2)C1. The smallest absolute Gasteiger partial charge is 0.259 e. The first-order valence-corrected chi connectivity index (χ1v) is 10.8. The lowest BCUT2D eigenvalue weighted by Crippen LogP contribution is -2.35. The first-order valence-electron chi connectivity index (χ1n) is 8.94. The number of rotatable bonds is 6. The second-order valence-electron chi connectivity index (χ2n) is 6.93. The number of H-pyrrole nitrogens is 1. The predicted molar refractivity (Wildman–Crippen MR) is 109 cm³/mol. The van der Waals surface area contributed by atoms with E-state index in [1.165, 1.54) is 11.8 Å². The molecular formula is C18H26N4O2S2. The number of carbonyl (C=O) groups is 1. The molecule has 0 aliphatic carbocycles. The fourth-order valence-electron chi connectivity index (χ4n) is 3.39. The maximum Gasteiger partial charge on any atom is 0.259 e. The van der Waals surface area contributed by atoms with E-state index in [1.54, 1.807) is 11.3 Å². The van der Waals surface area contributed by atoms with Gasteiger partial charge in [-0.2, -0.15) is 0 Å². The number of thioether (sulfide) groups is 1. The van der Waals surface area contributed by atoms with E-state index in [4.69, 9.17) is 0 Å². The van der Waals surface area contributed by atoms with Crippen LogP contribution in [-0.4, -0.2) is 52.7 Å². The molecule has 0 spiro atoms. The average Bonchev–Trinajstić information content (AvgIpc) is 3.17. The lowest BCUT2D eigenvalue weighted by Gasteiger charge is -2.20. The summed E-state index contributed by atoms with van der Waals surface area (Å²) < 4.78 is 0. The molecule has 2 aromatic rings. The summed E-state index contributed by atoms with van der Waals surface area (Å²) in [5, 5.41) is 3.74. The summed E-state index contributed by atoms with van der Waals surface area (Å²) in [5.74, 6) is 1.90. The van der Waals surface area contributed by atoms with Crippen LogP contribution in [0.25, 0.3) is 10.2 Å². The largest absolute Gasteiger partial charge is 0.341 e. The molecule has 0 radical (unpaired) electrons. The highest BCUT2D eigenvalue weighted by Crippen LogP contribution is 2.27. The van der Waals surface area contributed by atoms with Crippen LogP contribution in [0.4, 0.5) is 0 Å². The molecule has 1 saturated heterocycles. The molecule has 1 fully saturated rings. The third kappa shape index (κ3) is 3.97. The van der Waals surface area contributed by atoms with E-state index in [0.717, 1.165) is 41.3 Å². The normalized spacial score (nSPS) is 18.6. The first-order chi connectivity index (χ1) is 12.4. The molecule has 2 aromatic heterocycles. The Morgan fingerprint density at radius 1 is 1.50 bits per heavy atom. The van der Waals surface area contributed by atoms with Gasteiger partial charge in [0, 0.05) is 18.0 Å². The van der Waals surface area contributed by atoms with E-state index in [1.807, 2.05) is 32.7 Å². The number of carbonyl (C=O) groups excluding carboxylic acids is 1. The molecule has 26 heavy (non-hydrogen) atoms. The van der Waals surface area contributed by atoms with Crippen molar-refractivity contribution < 1.29 is 4.79 Å². The number of nitrogens with zero attached hydrogens (tertiary/aromatic N) is 2. The number of likely N-dealkylation sites (tertiary alicyclic amines) is 1. The predicted octanol–water partition coefficient (Wildman–Crippen LogP) is 2.29. The minimum atomic E-state index is -0.142. The monoisotopic (exact) mass is 394 g/mol. The molecule has 2 N–H and O–H groups in total. The number of thiophene rings is 1. The zero-order valence-corrected chi connectivity index (χ0v) is 17.4. The number of nitrogens with one attached hydrogen (secondary N) is 2. The van der Waals surface area contributed by atoms with Crippen molar-refractivity contribution in [1.29, 1.82) is 0 Å². The summed E-state index contributed by atoms with van der Waals surface area (Å²) >= 11 is 3.08. The Morgan fingerprint density at radius 2 is 2.27 bits per heavy atom. The van der Waals surface area contributed by atoms with Crippen LogP contribution in [0.15, 0.2) is 4.79 Å². The van der Waals surface area contributed by atoms with Crippen molar-refractivity contribution in [3.05, 3.63) is 26.6 Å². The van der Waals surface area contributed by atoms with Crippen LogP contribution in [-0.2, 0) is 10.5 Å². The zero-order chi connectivity index (χ0) is 18.8. The van der Waals surface area contributed by atoms with Gasteiger partial charge in [-0.05, 0) is 52.3 Å². The number of fused-ring (bicyclic) bond motifs is 1. The van der Waals surface area contributed by atoms with Gasteiger partial charge in [0.1, 0.15) is 10.7 Å². The lowest BCUT2D eigenvalue weighted by molar-refractivity contribution is -0.129. The van der Waals surface area contributed by atoms with Crippen molar-refractivity contribution in [3.63, 3.8) is 0 Å². The molecule has 0 bridgehead atoms. The Bertz CT molecular complexity index is 861. The van der Waals surface area contributed by atoms with Crippen LogP contribution in [0.1, 0.15) is 29.6 Å². The van der Waals surface area contributed by atoms with E-state index in [-0.39, 0.29) is 16.7 Å². The third-order valence-corrected chi connectivity index (χ3v) is 7.24. The number of hydrogen-bond acceptors (Lipinski definition) is 6. The lowest BCUT2D eigenvalue weighted by atomic mass is 10.1. The molecule has 142 valence electrons. The van der Waals surface area contributed by atoms with Gasteiger partial charge in [0.05, 0.1) is 16.4 Å². The van der Waals surface area contributed by atoms with Crippen LogP contribution >= 0.6 is 23.1 Å². The highest BCUT2D eigenvalue weighted by atomic mass is 32.2. The summed E-state index contributed by atoms with van der Waals surface area (Å²) in [6, 6.07) is 0. The maximum absolute atomic E-state index is 12.6. The van der Waals surface area contributed by atoms with Gasteiger partial charge in [0.25, 0.3) is 5.56 Å². The maximum atomic E-state index is 12.6. The molecule has 3 rings (SSSR count). The van der Waals surface area contributed by atoms with Crippen LogP contribution in [0, 0.1) is 19.8 Å². The van der Waals surface area contributed by atoms with Crippen molar-refractivity contribution in [2.24, 2.45) is 5.92 Å². The molecular weight excluding hydrogens is 368 g/mol. The fourth-order valence-corrected chi connectivity index (χ4v) is 5.27. The van der Waals surface area contributed by atoms with E-state index < -0.39 is 0 Å². The van der Waals surface area contributed by atoms with Gasteiger partial charge in [-0.25, -0.2) is 4.98 Å². The second-order valence-corrected chi connectivity index (χ2v) is 9.46. The molecule has 1 amide bonds.